The van der Waals surface area contributed by atoms with Crippen LogP contribution in [0.15, 0.2) is 24.3 Å². The maximum atomic E-state index is 12.4. The summed E-state index contributed by atoms with van der Waals surface area (Å²) in [5, 5.41) is 3.12. The average Bonchev–Trinajstić information content (AvgIpc) is 2.44. The third kappa shape index (κ3) is 3.82. The van der Waals surface area contributed by atoms with Crippen molar-refractivity contribution in [1.82, 2.24) is 5.32 Å². The lowest BCUT2D eigenvalue weighted by molar-refractivity contribution is -0.122. The van der Waals surface area contributed by atoms with Gasteiger partial charge in [-0.25, -0.2) is 0 Å². The second kappa shape index (κ2) is 6.56. The van der Waals surface area contributed by atoms with Gasteiger partial charge in [0, 0.05) is 0 Å². The van der Waals surface area contributed by atoms with Crippen molar-refractivity contribution in [3.8, 4) is 0 Å². The van der Waals surface area contributed by atoms with Crippen LogP contribution in [0.3, 0.4) is 0 Å². The van der Waals surface area contributed by atoms with Crippen LogP contribution in [0.5, 0.6) is 0 Å². The number of carbonyl (C=O) groups is 1. The summed E-state index contributed by atoms with van der Waals surface area (Å²) in [5.41, 5.74) is 7.64. The van der Waals surface area contributed by atoms with E-state index in [1.807, 2.05) is 31.2 Å². The van der Waals surface area contributed by atoms with Crippen molar-refractivity contribution in [2.75, 3.05) is 0 Å². The molecule has 1 aromatic carbocycles. The van der Waals surface area contributed by atoms with Crippen LogP contribution in [0.2, 0.25) is 0 Å². The van der Waals surface area contributed by atoms with Gasteiger partial charge in [-0.05, 0) is 49.7 Å². The van der Waals surface area contributed by atoms with E-state index in [2.05, 4.69) is 12.2 Å². The molecule has 0 unspecified atom stereocenters. The Bertz CT molecular complexity index is 533. The molecule has 1 amide bonds. The van der Waals surface area contributed by atoms with Crippen molar-refractivity contribution in [2.45, 2.75) is 51.5 Å². The molecule has 21 heavy (non-hydrogen) atoms. The lowest BCUT2D eigenvalue weighted by Gasteiger charge is -2.39. The maximum absolute atomic E-state index is 12.4. The molecule has 0 spiro atoms. The first-order valence-electron chi connectivity index (χ1n) is 7.58. The Kier molecular flexibility index (Phi) is 4.99. The highest BCUT2D eigenvalue weighted by Gasteiger charge is 2.38. The number of nitrogens with two attached hydrogens (primary N) is 1. The van der Waals surface area contributed by atoms with Gasteiger partial charge < -0.3 is 11.1 Å². The summed E-state index contributed by atoms with van der Waals surface area (Å²) in [7, 11) is 0. The minimum atomic E-state index is -0.485. The van der Waals surface area contributed by atoms with Gasteiger partial charge in [-0.3, -0.25) is 4.79 Å². The minimum Gasteiger partial charge on any atom is -0.391 e. The van der Waals surface area contributed by atoms with Gasteiger partial charge >= 0.3 is 0 Å². The highest BCUT2D eigenvalue weighted by Crippen LogP contribution is 2.32. The first kappa shape index (κ1) is 16.0. The molecule has 0 radical (unpaired) electrons. The smallest absolute Gasteiger partial charge is 0.225 e. The van der Waals surface area contributed by atoms with E-state index >= 15 is 0 Å². The van der Waals surface area contributed by atoms with Crippen LogP contribution in [0.25, 0.3) is 0 Å². The summed E-state index contributed by atoms with van der Waals surface area (Å²) in [6.45, 7) is 4.26. The van der Waals surface area contributed by atoms with Gasteiger partial charge in [0.2, 0.25) is 5.91 Å². The van der Waals surface area contributed by atoms with Crippen molar-refractivity contribution in [3.63, 3.8) is 0 Å². The lowest BCUT2D eigenvalue weighted by Crippen LogP contribution is -2.58. The molecule has 0 bridgehead atoms. The highest BCUT2D eigenvalue weighted by molar-refractivity contribution is 7.80. The number of benzene rings is 1. The van der Waals surface area contributed by atoms with Crippen LogP contribution < -0.4 is 11.1 Å². The molecule has 0 aliphatic heterocycles. The molecule has 3 nitrogen and oxygen atoms in total. The van der Waals surface area contributed by atoms with Crippen LogP contribution in [0.4, 0.5) is 0 Å². The standard InChI is InChI=1S/C17H24N2OS/c1-12-7-9-17(10-8-12,16(18)21)19-15(20)11-14-6-4-3-5-13(14)2/h3-6,12H,7-11H2,1-2H3,(H2,18,21)(H,19,20). The van der Waals surface area contributed by atoms with E-state index in [1.165, 1.54) is 0 Å². The molecule has 1 fully saturated rings. The second-order valence-electron chi connectivity index (χ2n) is 6.28. The lowest BCUT2D eigenvalue weighted by atomic mass is 9.77. The number of hydrogen-bond donors (Lipinski definition) is 2. The molecular weight excluding hydrogens is 280 g/mol. The molecule has 114 valence electrons. The van der Waals surface area contributed by atoms with Gasteiger partial charge in [0.25, 0.3) is 0 Å². The molecule has 1 aromatic rings. The monoisotopic (exact) mass is 304 g/mol. The molecule has 1 aliphatic rings. The van der Waals surface area contributed by atoms with Crippen LogP contribution in [-0.2, 0) is 11.2 Å². The third-order valence-electron chi connectivity index (χ3n) is 4.59. The van der Waals surface area contributed by atoms with Gasteiger partial charge in [-0.2, -0.15) is 0 Å². The highest BCUT2D eigenvalue weighted by atomic mass is 32.1. The Balaban J connectivity index is 2.06. The van der Waals surface area contributed by atoms with Crippen molar-refractivity contribution in [2.24, 2.45) is 11.7 Å². The second-order valence-corrected chi connectivity index (χ2v) is 6.72. The molecule has 3 N–H and O–H groups in total. The van der Waals surface area contributed by atoms with Crippen LogP contribution in [0.1, 0.15) is 43.7 Å². The summed E-state index contributed by atoms with van der Waals surface area (Å²) in [4.78, 5) is 12.8. The normalized spacial score (nSPS) is 25.3. The Morgan fingerprint density at radius 2 is 2.00 bits per heavy atom. The number of aryl methyl sites for hydroxylation is 1. The molecule has 0 aromatic heterocycles. The molecule has 0 saturated heterocycles. The molecule has 0 heterocycles. The minimum absolute atomic E-state index is 0.00616. The summed E-state index contributed by atoms with van der Waals surface area (Å²) >= 11 is 5.24. The largest absolute Gasteiger partial charge is 0.391 e. The van der Waals surface area contributed by atoms with Gasteiger partial charge in [0.1, 0.15) is 0 Å². The topological polar surface area (TPSA) is 55.1 Å². The van der Waals surface area contributed by atoms with Crippen molar-refractivity contribution in [3.05, 3.63) is 35.4 Å². The van der Waals surface area contributed by atoms with Crippen molar-refractivity contribution in [1.29, 1.82) is 0 Å². The summed E-state index contributed by atoms with van der Waals surface area (Å²) < 4.78 is 0. The van der Waals surface area contributed by atoms with Crippen molar-refractivity contribution < 1.29 is 4.79 Å². The number of carbonyl (C=O) groups excluding carboxylic acids is 1. The number of nitrogens with one attached hydrogen (secondary N) is 1. The summed E-state index contributed by atoms with van der Waals surface area (Å²) in [5.74, 6) is 0.687. The molecular formula is C17H24N2OS. The van der Waals surface area contributed by atoms with Gasteiger partial charge in [0.15, 0.2) is 0 Å². The van der Waals surface area contributed by atoms with Gasteiger partial charge in [-0.1, -0.05) is 43.4 Å². The first-order chi connectivity index (χ1) is 9.93. The van der Waals surface area contributed by atoms with Crippen LogP contribution in [-0.4, -0.2) is 16.4 Å². The number of hydrogen-bond acceptors (Lipinski definition) is 2. The molecule has 0 atom stereocenters. The first-order valence-corrected chi connectivity index (χ1v) is 7.99. The van der Waals surface area contributed by atoms with E-state index in [0.717, 1.165) is 36.8 Å². The molecule has 1 aliphatic carbocycles. The Labute approximate surface area is 132 Å². The zero-order chi connectivity index (χ0) is 15.5. The van der Waals surface area contributed by atoms with Crippen LogP contribution >= 0.6 is 12.2 Å². The molecule has 1 saturated carbocycles. The Morgan fingerprint density at radius 3 is 2.57 bits per heavy atom. The predicted octanol–water partition coefficient (Wildman–Crippen LogP) is 2.89. The Hall–Kier alpha value is -1.42. The fraction of sp³-hybridized carbons (Fsp3) is 0.529. The quantitative estimate of drug-likeness (QED) is 0.841. The maximum Gasteiger partial charge on any atom is 0.225 e. The van der Waals surface area contributed by atoms with E-state index in [-0.39, 0.29) is 5.91 Å². The average molecular weight is 304 g/mol. The van der Waals surface area contributed by atoms with E-state index < -0.39 is 5.54 Å². The van der Waals surface area contributed by atoms with Gasteiger partial charge in [0.05, 0.1) is 16.9 Å². The molecule has 2 rings (SSSR count). The number of thiocarbonyl (C=S) groups is 1. The van der Waals surface area contributed by atoms with E-state index in [1.54, 1.807) is 0 Å². The third-order valence-corrected chi connectivity index (χ3v) is 4.98. The van der Waals surface area contributed by atoms with Crippen molar-refractivity contribution >= 4 is 23.1 Å². The van der Waals surface area contributed by atoms with E-state index in [9.17, 15) is 4.79 Å². The van der Waals surface area contributed by atoms with Crippen LogP contribution in [0, 0.1) is 12.8 Å². The zero-order valence-corrected chi connectivity index (χ0v) is 13.6. The van der Waals surface area contributed by atoms with Gasteiger partial charge in [-0.15, -0.1) is 0 Å². The van der Waals surface area contributed by atoms with E-state index in [4.69, 9.17) is 18.0 Å². The Morgan fingerprint density at radius 1 is 1.38 bits per heavy atom. The molecule has 4 heteroatoms. The zero-order valence-electron chi connectivity index (χ0n) is 12.8. The summed E-state index contributed by atoms with van der Waals surface area (Å²) in [6.07, 6.45) is 4.20. The number of amides is 1. The summed E-state index contributed by atoms with van der Waals surface area (Å²) in [6, 6.07) is 7.95. The SMILES string of the molecule is Cc1ccccc1CC(=O)NC1(C(N)=S)CCC(C)CC1. The fourth-order valence-corrected chi connectivity index (χ4v) is 3.24. The predicted molar refractivity (Wildman–Crippen MR) is 90.2 cm³/mol. The van der Waals surface area contributed by atoms with E-state index in [0.29, 0.717) is 17.3 Å². The number of rotatable bonds is 4. The fourth-order valence-electron chi connectivity index (χ4n) is 2.98.